The van der Waals surface area contributed by atoms with Crippen molar-refractivity contribution in [2.24, 2.45) is 0 Å². The molecule has 0 saturated carbocycles. The third-order valence-electron chi connectivity index (χ3n) is 5.18. The molecule has 1 fully saturated rings. The van der Waals surface area contributed by atoms with E-state index in [0.29, 0.717) is 6.54 Å². The van der Waals surface area contributed by atoms with E-state index in [1.54, 1.807) is 0 Å². The molecule has 0 aromatic heterocycles. The molecular formula is C24H33N3O2. The number of anilines is 1. The molecule has 0 radical (unpaired) electrons. The van der Waals surface area contributed by atoms with Gasteiger partial charge in [0.1, 0.15) is 5.75 Å². The first kappa shape index (κ1) is 21.3. The summed E-state index contributed by atoms with van der Waals surface area (Å²) in [5.41, 5.74) is 3.38. The Morgan fingerprint density at radius 1 is 1.03 bits per heavy atom. The summed E-state index contributed by atoms with van der Waals surface area (Å²) >= 11 is 0. The third kappa shape index (κ3) is 6.58. The fraction of sp³-hybridized carbons (Fsp3) is 0.458. The average Bonchev–Trinajstić information content (AvgIpc) is 2.69. The van der Waals surface area contributed by atoms with Gasteiger partial charge in [-0.25, -0.2) is 0 Å². The molecule has 5 heteroatoms. The molecule has 0 unspecified atom stereocenters. The van der Waals surface area contributed by atoms with Gasteiger partial charge in [-0.15, -0.1) is 0 Å². The normalized spacial score (nSPS) is 15.4. The Labute approximate surface area is 174 Å². The summed E-state index contributed by atoms with van der Waals surface area (Å²) in [6.45, 7) is 11.3. The molecule has 2 aromatic rings. The van der Waals surface area contributed by atoms with Crippen LogP contribution < -0.4 is 10.1 Å². The number of nitrogens with zero attached hydrogens (tertiary/aromatic N) is 2. The predicted octanol–water partition coefficient (Wildman–Crippen LogP) is 3.79. The van der Waals surface area contributed by atoms with Crippen molar-refractivity contribution in [1.82, 2.24) is 9.80 Å². The highest BCUT2D eigenvalue weighted by molar-refractivity contribution is 5.93. The van der Waals surface area contributed by atoms with Crippen molar-refractivity contribution in [2.45, 2.75) is 39.8 Å². The van der Waals surface area contributed by atoms with E-state index in [9.17, 15) is 4.79 Å². The standard InChI is InChI=1S/C24H33N3O2/c1-4-21-9-5-6-11-23(21)25-24(28)18-27-14-12-26(13-15-27)17-20-8-7-10-22(16-20)29-19(2)3/h5-11,16,19H,4,12-15,17-18H2,1-3H3,(H,25,28). The van der Waals surface area contributed by atoms with E-state index < -0.39 is 0 Å². The van der Waals surface area contributed by atoms with Gasteiger partial charge in [-0.1, -0.05) is 37.3 Å². The van der Waals surface area contributed by atoms with Gasteiger partial charge in [0.2, 0.25) is 5.91 Å². The first-order valence-corrected chi connectivity index (χ1v) is 10.6. The lowest BCUT2D eigenvalue weighted by atomic mass is 10.1. The second kappa shape index (κ2) is 10.4. The van der Waals surface area contributed by atoms with Crippen molar-refractivity contribution in [3.8, 4) is 5.75 Å². The highest BCUT2D eigenvalue weighted by atomic mass is 16.5. The number of nitrogens with one attached hydrogen (secondary N) is 1. The molecule has 0 atom stereocenters. The van der Waals surface area contributed by atoms with Crippen molar-refractivity contribution in [3.05, 3.63) is 59.7 Å². The Balaban J connectivity index is 1.45. The second-order valence-corrected chi connectivity index (χ2v) is 7.93. The maximum atomic E-state index is 12.5. The van der Waals surface area contributed by atoms with Gasteiger partial charge in [-0.05, 0) is 49.6 Å². The summed E-state index contributed by atoms with van der Waals surface area (Å²) in [5.74, 6) is 0.998. The molecule has 1 amide bonds. The van der Waals surface area contributed by atoms with Gasteiger partial charge in [-0.2, -0.15) is 0 Å². The van der Waals surface area contributed by atoms with Crippen molar-refractivity contribution in [1.29, 1.82) is 0 Å². The zero-order valence-electron chi connectivity index (χ0n) is 17.9. The minimum Gasteiger partial charge on any atom is -0.491 e. The van der Waals surface area contributed by atoms with Gasteiger partial charge in [0, 0.05) is 38.4 Å². The molecule has 156 valence electrons. The Bertz CT molecular complexity index is 798. The van der Waals surface area contributed by atoms with Gasteiger partial charge < -0.3 is 10.1 Å². The Morgan fingerprint density at radius 3 is 2.48 bits per heavy atom. The van der Waals surface area contributed by atoms with E-state index in [1.807, 2.05) is 38.1 Å². The van der Waals surface area contributed by atoms with Crippen molar-refractivity contribution >= 4 is 11.6 Å². The number of benzene rings is 2. The lowest BCUT2D eigenvalue weighted by Crippen LogP contribution is -2.48. The molecule has 1 N–H and O–H groups in total. The summed E-state index contributed by atoms with van der Waals surface area (Å²) in [5, 5.41) is 3.07. The Morgan fingerprint density at radius 2 is 1.76 bits per heavy atom. The minimum atomic E-state index is 0.0675. The number of para-hydroxylation sites is 1. The quantitative estimate of drug-likeness (QED) is 0.739. The summed E-state index contributed by atoms with van der Waals surface area (Å²) in [4.78, 5) is 17.1. The average molecular weight is 396 g/mol. The number of hydrogen-bond acceptors (Lipinski definition) is 4. The molecule has 0 spiro atoms. The van der Waals surface area contributed by atoms with Gasteiger partial charge in [-0.3, -0.25) is 14.6 Å². The first-order valence-electron chi connectivity index (χ1n) is 10.6. The van der Waals surface area contributed by atoms with E-state index in [-0.39, 0.29) is 12.0 Å². The highest BCUT2D eigenvalue weighted by Gasteiger charge is 2.19. The molecule has 1 heterocycles. The molecule has 29 heavy (non-hydrogen) atoms. The zero-order chi connectivity index (χ0) is 20.6. The predicted molar refractivity (Wildman–Crippen MR) is 118 cm³/mol. The molecule has 1 saturated heterocycles. The SMILES string of the molecule is CCc1ccccc1NC(=O)CN1CCN(Cc2cccc(OC(C)C)c2)CC1. The summed E-state index contributed by atoms with van der Waals surface area (Å²) in [6.07, 6.45) is 1.10. The summed E-state index contributed by atoms with van der Waals surface area (Å²) < 4.78 is 5.80. The number of carbonyl (C=O) groups excluding carboxylic acids is 1. The molecule has 3 rings (SSSR count). The minimum absolute atomic E-state index is 0.0675. The van der Waals surface area contributed by atoms with Crippen LogP contribution in [0.4, 0.5) is 5.69 Å². The topological polar surface area (TPSA) is 44.8 Å². The van der Waals surface area contributed by atoms with Crippen LogP contribution in [0.5, 0.6) is 5.75 Å². The van der Waals surface area contributed by atoms with Gasteiger partial charge in [0.15, 0.2) is 0 Å². The number of aryl methyl sites for hydroxylation is 1. The molecule has 5 nitrogen and oxygen atoms in total. The highest BCUT2D eigenvalue weighted by Crippen LogP contribution is 2.18. The van der Waals surface area contributed by atoms with Gasteiger partial charge >= 0.3 is 0 Å². The van der Waals surface area contributed by atoms with Crippen LogP contribution in [0.3, 0.4) is 0 Å². The van der Waals surface area contributed by atoms with Crippen LogP contribution >= 0.6 is 0 Å². The van der Waals surface area contributed by atoms with Crippen molar-refractivity contribution < 1.29 is 9.53 Å². The number of ether oxygens (including phenoxy) is 1. The van der Waals surface area contributed by atoms with Crippen molar-refractivity contribution in [3.63, 3.8) is 0 Å². The summed E-state index contributed by atoms with van der Waals surface area (Å²) in [7, 11) is 0. The van der Waals surface area contributed by atoms with Crippen LogP contribution in [0.25, 0.3) is 0 Å². The lowest BCUT2D eigenvalue weighted by Gasteiger charge is -2.34. The van der Waals surface area contributed by atoms with Gasteiger partial charge in [0.05, 0.1) is 12.6 Å². The van der Waals surface area contributed by atoms with E-state index in [2.05, 4.69) is 46.3 Å². The molecule has 0 bridgehead atoms. The number of amides is 1. The number of hydrogen-bond donors (Lipinski definition) is 1. The van der Waals surface area contributed by atoms with E-state index in [1.165, 1.54) is 11.1 Å². The van der Waals surface area contributed by atoms with Gasteiger partial charge in [0.25, 0.3) is 0 Å². The molecule has 1 aliphatic heterocycles. The lowest BCUT2D eigenvalue weighted by molar-refractivity contribution is -0.117. The van der Waals surface area contributed by atoms with Crippen LogP contribution in [0.15, 0.2) is 48.5 Å². The number of rotatable bonds is 8. The van der Waals surface area contributed by atoms with Crippen LogP contribution in [-0.4, -0.2) is 54.5 Å². The maximum Gasteiger partial charge on any atom is 0.238 e. The zero-order valence-corrected chi connectivity index (χ0v) is 17.9. The smallest absolute Gasteiger partial charge is 0.238 e. The largest absolute Gasteiger partial charge is 0.491 e. The van der Waals surface area contributed by atoms with Crippen LogP contribution in [0.2, 0.25) is 0 Å². The fourth-order valence-corrected chi connectivity index (χ4v) is 3.70. The Kier molecular flexibility index (Phi) is 7.67. The molecular weight excluding hydrogens is 362 g/mol. The monoisotopic (exact) mass is 395 g/mol. The number of carbonyl (C=O) groups is 1. The summed E-state index contributed by atoms with van der Waals surface area (Å²) in [6, 6.07) is 16.4. The first-order chi connectivity index (χ1) is 14.0. The van der Waals surface area contributed by atoms with Crippen molar-refractivity contribution in [2.75, 3.05) is 38.0 Å². The molecule has 1 aliphatic rings. The van der Waals surface area contributed by atoms with E-state index in [4.69, 9.17) is 4.74 Å². The van der Waals surface area contributed by atoms with E-state index >= 15 is 0 Å². The maximum absolute atomic E-state index is 12.5. The van der Waals surface area contributed by atoms with Crippen LogP contribution in [0.1, 0.15) is 31.9 Å². The third-order valence-corrected chi connectivity index (χ3v) is 5.18. The molecule has 0 aliphatic carbocycles. The van der Waals surface area contributed by atoms with Crippen LogP contribution in [-0.2, 0) is 17.8 Å². The second-order valence-electron chi connectivity index (χ2n) is 7.93. The number of piperazine rings is 1. The van der Waals surface area contributed by atoms with Crippen LogP contribution in [0, 0.1) is 0 Å². The Hall–Kier alpha value is -2.37. The fourth-order valence-electron chi connectivity index (χ4n) is 3.70. The molecule has 2 aromatic carbocycles. The van der Waals surface area contributed by atoms with E-state index in [0.717, 1.165) is 50.6 Å².